The van der Waals surface area contributed by atoms with Gasteiger partial charge in [-0.05, 0) is 31.5 Å². The van der Waals surface area contributed by atoms with Gasteiger partial charge in [0, 0.05) is 23.7 Å². The second kappa shape index (κ2) is 9.79. The van der Waals surface area contributed by atoms with Crippen LogP contribution in [0.15, 0.2) is 42.5 Å². The summed E-state index contributed by atoms with van der Waals surface area (Å²) >= 11 is 5.78. The fourth-order valence-corrected chi connectivity index (χ4v) is 2.66. The van der Waals surface area contributed by atoms with Crippen molar-refractivity contribution < 1.29 is 24.0 Å². The average Bonchev–Trinajstić information content (AvgIpc) is 2.71. The highest BCUT2D eigenvalue weighted by atomic mass is 35.5. The molecule has 2 rings (SSSR count). The van der Waals surface area contributed by atoms with Gasteiger partial charge in [-0.25, -0.2) is 4.79 Å². The van der Waals surface area contributed by atoms with E-state index in [0.29, 0.717) is 6.54 Å². The van der Waals surface area contributed by atoms with Gasteiger partial charge in [-0.3, -0.25) is 19.7 Å². The number of nitro groups is 1. The minimum atomic E-state index is -1.05. The molecular weight excluding hydrogens is 400 g/mol. The molecule has 0 heterocycles. The number of benzene rings is 2. The number of carbonyl (C=O) groups excluding carboxylic acids is 3. The van der Waals surface area contributed by atoms with E-state index in [0.717, 1.165) is 12.5 Å². The van der Waals surface area contributed by atoms with Gasteiger partial charge in [0.25, 0.3) is 11.6 Å². The molecule has 2 aromatic carbocycles. The number of halogens is 1. The number of ether oxygens (including phenoxy) is 1. The first-order valence-corrected chi connectivity index (χ1v) is 9.20. The van der Waals surface area contributed by atoms with Crippen LogP contribution in [0.3, 0.4) is 0 Å². The van der Waals surface area contributed by atoms with Crippen molar-refractivity contribution in [2.45, 2.75) is 26.4 Å². The van der Waals surface area contributed by atoms with Crippen LogP contribution in [0.4, 0.5) is 5.69 Å². The SMILES string of the molecule is CCCNC(=O)C(C)OC(=O)c1ccccc1C(=O)c1ccc(Cl)c([N+](=O)[O-])c1. The van der Waals surface area contributed by atoms with E-state index in [9.17, 15) is 24.5 Å². The smallest absolute Gasteiger partial charge is 0.339 e. The number of ketones is 1. The van der Waals surface area contributed by atoms with Crippen molar-refractivity contribution in [2.24, 2.45) is 0 Å². The molecule has 0 aromatic heterocycles. The molecular formula is C20H19ClN2O6. The number of carbonyl (C=O) groups is 3. The summed E-state index contributed by atoms with van der Waals surface area (Å²) in [5, 5.41) is 13.6. The Morgan fingerprint density at radius 3 is 2.45 bits per heavy atom. The Balaban J connectivity index is 2.29. The topological polar surface area (TPSA) is 116 Å². The highest BCUT2D eigenvalue weighted by Crippen LogP contribution is 2.27. The molecule has 1 amide bonds. The molecule has 0 aliphatic heterocycles. The maximum Gasteiger partial charge on any atom is 0.339 e. The molecule has 8 nitrogen and oxygen atoms in total. The van der Waals surface area contributed by atoms with Gasteiger partial charge < -0.3 is 10.1 Å². The van der Waals surface area contributed by atoms with Gasteiger partial charge in [-0.15, -0.1) is 0 Å². The summed E-state index contributed by atoms with van der Waals surface area (Å²) in [4.78, 5) is 47.7. The molecule has 0 saturated carbocycles. The van der Waals surface area contributed by atoms with Crippen molar-refractivity contribution in [3.05, 3.63) is 74.3 Å². The summed E-state index contributed by atoms with van der Waals surface area (Å²) in [5.41, 5.74) is -0.477. The average molecular weight is 419 g/mol. The molecule has 29 heavy (non-hydrogen) atoms. The molecule has 0 aliphatic carbocycles. The monoisotopic (exact) mass is 418 g/mol. The number of nitro benzene ring substituents is 1. The Bertz CT molecular complexity index is 960. The molecule has 0 spiro atoms. The molecule has 0 radical (unpaired) electrons. The van der Waals surface area contributed by atoms with E-state index in [2.05, 4.69) is 5.32 Å². The van der Waals surface area contributed by atoms with E-state index in [-0.39, 0.29) is 21.7 Å². The predicted octanol–water partition coefficient (Wildman–Crippen LogP) is 3.55. The van der Waals surface area contributed by atoms with E-state index >= 15 is 0 Å². The maximum absolute atomic E-state index is 12.9. The quantitative estimate of drug-likeness (QED) is 0.303. The van der Waals surface area contributed by atoms with Gasteiger partial charge in [0.2, 0.25) is 0 Å². The lowest BCUT2D eigenvalue weighted by atomic mass is 9.98. The number of amides is 1. The fourth-order valence-electron chi connectivity index (χ4n) is 2.48. The zero-order chi connectivity index (χ0) is 21.6. The summed E-state index contributed by atoms with van der Waals surface area (Å²) < 4.78 is 5.17. The van der Waals surface area contributed by atoms with Gasteiger partial charge in [0.15, 0.2) is 11.9 Å². The van der Waals surface area contributed by atoms with Gasteiger partial charge in [-0.1, -0.05) is 36.7 Å². The Hall–Kier alpha value is -3.26. The highest BCUT2D eigenvalue weighted by molar-refractivity contribution is 6.33. The molecule has 152 valence electrons. The minimum absolute atomic E-state index is 0.00436. The predicted molar refractivity (Wildman–Crippen MR) is 106 cm³/mol. The highest BCUT2D eigenvalue weighted by Gasteiger charge is 2.24. The molecule has 0 aliphatic rings. The van der Waals surface area contributed by atoms with Crippen LogP contribution in [-0.2, 0) is 9.53 Å². The molecule has 1 atom stereocenters. The summed E-state index contributed by atoms with van der Waals surface area (Å²) in [6, 6.07) is 9.51. The summed E-state index contributed by atoms with van der Waals surface area (Å²) in [7, 11) is 0. The Morgan fingerprint density at radius 1 is 1.17 bits per heavy atom. The summed E-state index contributed by atoms with van der Waals surface area (Å²) in [6.45, 7) is 3.76. The van der Waals surface area contributed by atoms with Crippen LogP contribution in [0.5, 0.6) is 0 Å². The van der Waals surface area contributed by atoms with Crippen LogP contribution in [-0.4, -0.2) is 35.2 Å². The largest absolute Gasteiger partial charge is 0.449 e. The van der Waals surface area contributed by atoms with Crippen LogP contribution in [0, 0.1) is 10.1 Å². The lowest BCUT2D eigenvalue weighted by molar-refractivity contribution is -0.384. The van der Waals surface area contributed by atoms with E-state index in [4.69, 9.17) is 16.3 Å². The summed E-state index contributed by atoms with van der Waals surface area (Å²) in [6.07, 6.45) is -0.314. The molecule has 0 fully saturated rings. The third-order valence-electron chi connectivity index (χ3n) is 4.00. The van der Waals surface area contributed by atoms with Gasteiger partial charge in [0.1, 0.15) is 5.02 Å². The second-order valence-electron chi connectivity index (χ2n) is 6.14. The van der Waals surface area contributed by atoms with Crippen molar-refractivity contribution in [3.63, 3.8) is 0 Å². The number of nitrogens with one attached hydrogen (secondary N) is 1. The Kier molecular flexibility index (Phi) is 7.44. The first-order valence-electron chi connectivity index (χ1n) is 8.82. The van der Waals surface area contributed by atoms with E-state index in [1.807, 2.05) is 6.92 Å². The first-order chi connectivity index (χ1) is 13.8. The lowest BCUT2D eigenvalue weighted by Gasteiger charge is -2.14. The Labute approximate surface area is 172 Å². The molecule has 1 unspecified atom stereocenters. The lowest BCUT2D eigenvalue weighted by Crippen LogP contribution is -2.36. The zero-order valence-electron chi connectivity index (χ0n) is 15.8. The molecule has 2 aromatic rings. The van der Waals surface area contributed by atoms with Crippen molar-refractivity contribution in [3.8, 4) is 0 Å². The summed E-state index contributed by atoms with van der Waals surface area (Å²) in [5.74, 6) is -1.91. The van der Waals surface area contributed by atoms with Crippen LogP contribution >= 0.6 is 11.6 Å². The van der Waals surface area contributed by atoms with Crippen molar-refractivity contribution in [2.75, 3.05) is 6.54 Å². The standard InChI is InChI=1S/C20H19ClN2O6/c1-3-10-22-19(25)12(2)29-20(26)15-7-5-4-6-14(15)18(24)13-8-9-16(21)17(11-13)23(27)28/h4-9,11-12H,3,10H2,1-2H3,(H,22,25). The zero-order valence-corrected chi connectivity index (χ0v) is 16.6. The van der Waals surface area contributed by atoms with Gasteiger partial charge in [-0.2, -0.15) is 0 Å². The van der Waals surface area contributed by atoms with Crippen LogP contribution < -0.4 is 5.32 Å². The number of esters is 1. The van der Waals surface area contributed by atoms with Gasteiger partial charge >= 0.3 is 5.97 Å². The van der Waals surface area contributed by atoms with Crippen LogP contribution in [0.2, 0.25) is 5.02 Å². The van der Waals surface area contributed by atoms with Gasteiger partial charge in [0.05, 0.1) is 10.5 Å². The van der Waals surface area contributed by atoms with E-state index < -0.39 is 34.4 Å². The van der Waals surface area contributed by atoms with Crippen LogP contribution in [0.1, 0.15) is 46.5 Å². The molecule has 0 bridgehead atoms. The molecule has 1 N–H and O–H groups in total. The van der Waals surface area contributed by atoms with Crippen molar-refractivity contribution >= 4 is 34.9 Å². The Morgan fingerprint density at radius 2 is 1.83 bits per heavy atom. The fraction of sp³-hybridized carbons (Fsp3) is 0.250. The first kappa shape index (κ1) is 22.0. The van der Waals surface area contributed by atoms with Crippen molar-refractivity contribution in [1.82, 2.24) is 5.32 Å². The molecule has 9 heteroatoms. The number of rotatable bonds is 8. The van der Waals surface area contributed by atoms with Crippen LogP contribution in [0.25, 0.3) is 0 Å². The second-order valence-corrected chi connectivity index (χ2v) is 6.54. The third-order valence-corrected chi connectivity index (χ3v) is 4.32. The van der Waals surface area contributed by atoms with E-state index in [1.165, 1.54) is 31.2 Å². The third kappa shape index (κ3) is 5.39. The number of hydrogen-bond donors (Lipinski definition) is 1. The minimum Gasteiger partial charge on any atom is -0.449 e. The maximum atomic E-state index is 12.9. The molecule has 0 saturated heterocycles. The van der Waals surface area contributed by atoms with Crippen molar-refractivity contribution in [1.29, 1.82) is 0 Å². The van der Waals surface area contributed by atoms with E-state index in [1.54, 1.807) is 12.1 Å². The number of hydrogen-bond acceptors (Lipinski definition) is 6. The normalized spacial score (nSPS) is 11.4. The number of nitrogens with zero attached hydrogens (tertiary/aromatic N) is 1.